The molecule has 0 aliphatic carbocycles. The molecular formula is C13H15N5S. The molecule has 0 saturated heterocycles. The highest BCUT2D eigenvalue weighted by molar-refractivity contribution is 7.71. The lowest BCUT2D eigenvalue weighted by Gasteiger charge is -2.04. The molecule has 0 fully saturated rings. The molecule has 5 nitrogen and oxygen atoms in total. The minimum absolute atomic E-state index is 0.710. The van der Waals surface area contributed by atoms with Gasteiger partial charge in [-0.05, 0) is 30.8 Å². The van der Waals surface area contributed by atoms with Gasteiger partial charge < -0.3 is 14.1 Å². The molecule has 0 atom stereocenters. The molecule has 0 aliphatic rings. The zero-order valence-corrected chi connectivity index (χ0v) is 11.7. The molecule has 0 bridgehead atoms. The fraction of sp³-hybridized carbons (Fsp3) is 0.308. The first-order valence-corrected chi connectivity index (χ1v) is 6.57. The van der Waals surface area contributed by atoms with Gasteiger partial charge >= 0.3 is 0 Å². The van der Waals surface area contributed by atoms with Crippen molar-refractivity contribution in [3.05, 3.63) is 40.8 Å². The quantitative estimate of drug-likeness (QED) is 0.745. The van der Waals surface area contributed by atoms with Gasteiger partial charge in [0.2, 0.25) is 0 Å². The zero-order chi connectivity index (χ0) is 13.4. The lowest BCUT2D eigenvalue weighted by Crippen LogP contribution is -2.06. The Balaban J connectivity index is 1.95. The molecule has 0 aromatic carbocycles. The maximum absolute atomic E-state index is 5.36. The summed E-state index contributed by atoms with van der Waals surface area (Å²) in [4.78, 5) is 12.0. The van der Waals surface area contributed by atoms with Crippen LogP contribution in [0.2, 0.25) is 0 Å². The van der Waals surface area contributed by atoms with Crippen molar-refractivity contribution < 1.29 is 0 Å². The van der Waals surface area contributed by atoms with Crippen molar-refractivity contribution in [2.45, 2.75) is 19.9 Å². The monoisotopic (exact) mass is 273 g/mol. The highest BCUT2D eigenvalue weighted by atomic mass is 32.1. The SMILES string of the molecule is Cc1cnc2c(c1)[nH]c(=S)n2CCc1nccn1C. The Hall–Kier alpha value is -1.95. The van der Waals surface area contributed by atoms with Gasteiger partial charge in [-0.2, -0.15) is 0 Å². The van der Waals surface area contributed by atoms with Gasteiger partial charge in [0.1, 0.15) is 5.82 Å². The number of nitrogens with zero attached hydrogens (tertiary/aromatic N) is 4. The standard InChI is InChI=1S/C13H15N5S/c1-9-7-10-12(15-8-9)18(13(19)16-10)5-3-11-14-4-6-17(11)2/h4,6-8H,3,5H2,1-2H3,(H,16,19). The van der Waals surface area contributed by atoms with E-state index in [1.165, 1.54) is 0 Å². The number of pyridine rings is 1. The maximum atomic E-state index is 5.36. The van der Waals surface area contributed by atoms with Gasteiger partial charge in [-0.1, -0.05) is 0 Å². The van der Waals surface area contributed by atoms with Crippen molar-refractivity contribution in [1.29, 1.82) is 0 Å². The summed E-state index contributed by atoms with van der Waals surface area (Å²) in [6.07, 6.45) is 6.46. The summed E-state index contributed by atoms with van der Waals surface area (Å²) >= 11 is 5.36. The van der Waals surface area contributed by atoms with Crippen LogP contribution >= 0.6 is 12.2 Å². The molecule has 0 saturated carbocycles. The molecule has 3 aromatic heterocycles. The molecule has 0 spiro atoms. The third kappa shape index (κ3) is 2.19. The highest BCUT2D eigenvalue weighted by Crippen LogP contribution is 2.13. The molecule has 0 unspecified atom stereocenters. The van der Waals surface area contributed by atoms with Crippen molar-refractivity contribution in [2.24, 2.45) is 7.05 Å². The third-order valence-corrected chi connectivity index (χ3v) is 3.55. The number of H-pyrrole nitrogens is 1. The number of hydrogen-bond acceptors (Lipinski definition) is 3. The second-order valence-electron chi connectivity index (χ2n) is 4.67. The maximum Gasteiger partial charge on any atom is 0.179 e. The van der Waals surface area contributed by atoms with Crippen molar-refractivity contribution in [1.82, 2.24) is 24.1 Å². The average Bonchev–Trinajstić information content (AvgIpc) is 2.90. The van der Waals surface area contributed by atoms with Crippen LogP contribution in [0.15, 0.2) is 24.7 Å². The van der Waals surface area contributed by atoms with Crippen LogP contribution in [0.1, 0.15) is 11.4 Å². The molecule has 1 N–H and O–H groups in total. The molecule has 0 amide bonds. The molecular weight excluding hydrogens is 258 g/mol. The average molecular weight is 273 g/mol. The van der Waals surface area contributed by atoms with Gasteiger partial charge in [-0.3, -0.25) is 0 Å². The van der Waals surface area contributed by atoms with E-state index in [-0.39, 0.29) is 0 Å². The van der Waals surface area contributed by atoms with E-state index in [9.17, 15) is 0 Å². The molecule has 0 radical (unpaired) electrons. The minimum Gasteiger partial charge on any atom is -0.338 e. The van der Waals surface area contributed by atoms with Crippen LogP contribution in [-0.2, 0) is 20.0 Å². The minimum atomic E-state index is 0.710. The fourth-order valence-electron chi connectivity index (χ4n) is 2.20. The molecule has 3 heterocycles. The fourth-order valence-corrected chi connectivity index (χ4v) is 2.49. The first-order chi connectivity index (χ1) is 9.15. The summed E-state index contributed by atoms with van der Waals surface area (Å²) in [6, 6.07) is 2.06. The van der Waals surface area contributed by atoms with E-state index >= 15 is 0 Å². The normalized spacial score (nSPS) is 11.3. The van der Waals surface area contributed by atoms with Crippen LogP contribution in [0.5, 0.6) is 0 Å². The molecule has 3 rings (SSSR count). The van der Waals surface area contributed by atoms with E-state index in [4.69, 9.17) is 12.2 Å². The highest BCUT2D eigenvalue weighted by Gasteiger charge is 2.07. The zero-order valence-electron chi connectivity index (χ0n) is 10.9. The number of fused-ring (bicyclic) bond motifs is 1. The third-order valence-electron chi connectivity index (χ3n) is 3.23. The van der Waals surface area contributed by atoms with Crippen LogP contribution in [0.4, 0.5) is 0 Å². The topological polar surface area (TPSA) is 51.4 Å². The number of rotatable bonds is 3. The first kappa shape index (κ1) is 12.1. The molecule has 98 valence electrons. The van der Waals surface area contributed by atoms with Crippen LogP contribution < -0.4 is 0 Å². The summed E-state index contributed by atoms with van der Waals surface area (Å²) in [5, 5.41) is 0. The molecule has 0 aliphatic heterocycles. The Morgan fingerprint density at radius 2 is 2.21 bits per heavy atom. The Morgan fingerprint density at radius 1 is 1.37 bits per heavy atom. The second kappa shape index (κ2) is 4.62. The van der Waals surface area contributed by atoms with Gasteiger partial charge in [-0.25, -0.2) is 9.97 Å². The summed E-state index contributed by atoms with van der Waals surface area (Å²) in [5.74, 6) is 1.04. The van der Waals surface area contributed by atoms with Crippen molar-refractivity contribution in [2.75, 3.05) is 0 Å². The van der Waals surface area contributed by atoms with Crippen molar-refractivity contribution in [3.8, 4) is 0 Å². The summed E-state index contributed by atoms with van der Waals surface area (Å²) in [5.41, 5.74) is 3.02. The Labute approximate surface area is 115 Å². The second-order valence-corrected chi connectivity index (χ2v) is 5.06. The number of aromatic amines is 1. The van der Waals surface area contributed by atoms with E-state index in [0.717, 1.165) is 35.5 Å². The predicted octanol–water partition coefficient (Wildman–Crippen LogP) is 2.38. The van der Waals surface area contributed by atoms with Crippen LogP contribution in [0, 0.1) is 11.7 Å². The van der Waals surface area contributed by atoms with Gasteiger partial charge in [0.25, 0.3) is 0 Å². The van der Waals surface area contributed by atoms with E-state index in [1.807, 2.05) is 41.7 Å². The molecule has 6 heteroatoms. The van der Waals surface area contributed by atoms with E-state index in [0.29, 0.717) is 4.77 Å². The summed E-state index contributed by atoms with van der Waals surface area (Å²) in [6.45, 7) is 2.80. The van der Waals surface area contributed by atoms with Gasteiger partial charge in [-0.15, -0.1) is 0 Å². The number of aryl methyl sites for hydroxylation is 4. The lowest BCUT2D eigenvalue weighted by molar-refractivity contribution is 0.654. The van der Waals surface area contributed by atoms with Crippen LogP contribution in [0.3, 0.4) is 0 Å². The largest absolute Gasteiger partial charge is 0.338 e. The molecule has 19 heavy (non-hydrogen) atoms. The number of imidazole rings is 2. The van der Waals surface area contributed by atoms with E-state index < -0.39 is 0 Å². The van der Waals surface area contributed by atoms with E-state index in [2.05, 4.69) is 21.0 Å². The number of nitrogens with one attached hydrogen (secondary N) is 1. The predicted molar refractivity (Wildman–Crippen MR) is 76.6 cm³/mol. The van der Waals surface area contributed by atoms with Crippen LogP contribution in [0.25, 0.3) is 11.2 Å². The summed E-state index contributed by atoms with van der Waals surface area (Å²) in [7, 11) is 2.00. The van der Waals surface area contributed by atoms with Gasteiger partial charge in [0.05, 0.1) is 5.52 Å². The lowest BCUT2D eigenvalue weighted by atomic mass is 10.3. The van der Waals surface area contributed by atoms with Gasteiger partial charge in [0, 0.05) is 38.6 Å². The van der Waals surface area contributed by atoms with Crippen molar-refractivity contribution >= 4 is 23.4 Å². The number of hydrogen-bond donors (Lipinski definition) is 1. The smallest absolute Gasteiger partial charge is 0.179 e. The van der Waals surface area contributed by atoms with Crippen molar-refractivity contribution in [3.63, 3.8) is 0 Å². The first-order valence-electron chi connectivity index (χ1n) is 6.16. The Kier molecular flexibility index (Phi) is 2.94. The van der Waals surface area contributed by atoms with Crippen LogP contribution in [-0.4, -0.2) is 24.1 Å². The van der Waals surface area contributed by atoms with Gasteiger partial charge in [0.15, 0.2) is 10.4 Å². The Bertz CT molecular complexity index is 780. The summed E-state index contributed by atoms with van der Waals surface area (Å²) < 4.78 is 4.76. The molecule has 3 aromatic rings. The Morgan fingerprint density at radius 3 is 2.95 bits per heavy atom. The number of aromatic nitrogens is 5. The van der Waals surface area contributed by atoms with E-state index in [1.54, 1.807) is 0 Å².